The van der Waals surface area contributed by atoms with Crippen LogP contribution in [0.25, 0.3) is 0 Å². The summed E-state index contributed by atoms with van der Waals surface area (Å²) in [5.74, 6) is -1.09. The number of benzene rings is 2. The van der Waals surface area contributed by atoms with Crippen molar-refractivity contribution in [2.24, 2.45) is 0 Å². The van der Waals surface area contributed by atoms with Crippen molar-refractivity contribution in [1.29, 1.82) is 0 Å². The number of carbonyl (C=O) groups excluding carboxylic acids is 1. The summed E-state index contributed by atoms with van der Waals surface area (Å²) in [6.07, 6.45) is -2.90. The summed E-state index contributed by atoms with van der Waals surface area (Å²) in [6, 6.07) is 10.7. The van der Waals surface area contributed by atoms with Crippen molar-refractivity contribution < 1.29 is 27.9 Å². The highest BCUT2D eigenvalue weighted by molar-refractivity contribution is 7.98. The lowest BCUT2D eigenvalue weighted by atomic mass is 10.1. The van der Waals surface area contributed by atoms with Gasteiger partial charge in [-0.1, -0.05) is 12.1 Å². The normalized spacial score (nSPS) is 11.5. The van der Waals surface area contributed by atoms with Crippen LogP contribution in [0, 0.1) is 0 Å². The molecule has 0 saturated heterocycles. The van der Waals surface area contributed by atoms with Gasteiger partial charge in [0.25, 0.3) is 5.91 Å². The largest absolute Gasteiger partial charge is 0.481 e. The van der Waals surface area contributed by atoms with Gasteiger partial charge < -0.3 is 10.4 Å². The predicted molar refractivity (Wildman–Crippen MR) is 123 cm³/mol. The topological polar surface area (TPSA) is 92.2 Å². The van der Waals surface area contributed by atoms with Gasteiger partial charge in [0.1, 0.15) is 5.82 Å². The number of nitrogens with one attached hydrogen (secondary N) is 1. The van der Waals surface area contributed by atoms with E-state index >= 15 is 0 Å². The number of carboxylic acid groups (broad SMARTS) is 1. The van der Waals surface area contributed by atoms with Gasteiger partial charge >= 0.3 is 12.1 Å². The van der Waals surface area contributed by atoms with Gasteiger partial charge in [-0.25, -0.2) is 9.97 Å². The summed E-state index contributed by atoms with van der Waals surface area (Å²) in [5.41, 5.74) is 1.42. The first-order chi connectivity index (χ1) is 15.5. The third kappa shape index (κ3) is 6.72. The molecule has 0 spiro atoms. The number of aliphatic carboxylic acids is 1. The van der Waals surface area contributed by atoms with Gasteiger partial charge in [0.15, 0.2) is 0 Å². The summed E-state index contributed by atoms with van der Waals surface area (Å²) >= 11 is 8.47. The van der Waals surface area contributed by atoms with Crippen LogP contribution in [0.4, 0.5) is 18.9 Å². The van der Waals surface area contributed by atoms with Crippen LogP contribution in [0.5, 0.6) is 0 Å². The van der Waals surface area contributed by atoms with Crippen LogP contribution in [-0.4, -0.2) is 27.0 Å². The third-order valence-electron chi connectivity index (χ3n) is 4.58. The molecule has 0 aliphatic heterocycles. The van der Waals surface area contributed by atoms with Crippen LogP contribution < -0.4 is 5.32 Å². The molecular formula is C22H18F3N3O3S2. The van der Waals surface area contributed by atoms with Crippen LogP contribution in [0.3, 0.4) is 0 Å². The summed E-state index contributed by atoms with van der Waals surface area (Å²) in [7, 11) is 0. The second-order valence-electron chi connectivity index (χ2n) is 7.04. The standard InChI is InChI=1S/C22H18F3N3O3S2/c23-22(24,25)15-5-3-13(4-6-15)20(31)27-16-7-1-12(2-8-16)9-17-26-11-14(10-18(29)30)19(28-17)21(32)33/h1-8,11,21,32-33H,9-10H2,(H,27,31)(H,29,30). The van der Waals surface area contributed by atoms with Crippen LogP contribution in [0.1, 0.15) is 43.1 Å². The zero-order valence-corrected chi connectivity index (χ0v) is 18.7. The summed E-state index contributed by atoms with van der Waals surface area (Å²) < 4.78 is 37.4. The van der Waals surface area contributed by atoms with E-state index in [0.29, 0.717) is 29.2 Å². The quantitative estimate of drug-likeness (QED) is 0.280. The van der Waals surface area contributed by atoms with Crippen molar-refractivity contribution in [3.8, 4) is 0 Å². The van der Waals surface area contributed by atoms with E-state index in [1.54, 1.807) is 24.3 Å². The molecule has 0 unspecified atom stereocenters. The molecule has 1 heterocycles. The molecule has 2 aromatic carbocycles. The Bertz CT molecular complexity index is 1150. The number of carboxylic acids is 1. The lowest BCUT2D eigenvalue weighted by molar-refractivity contribution is -0.138. The number of aromatic nitrogens is 2. The van der Waals surface area contributed by atoms with Crippen LogP contribution >= 0.6 is 25.3 Å². The average Bonchev–Trinajstić information content (AvgIpc) is 2.75. The van der Waals surface area contributed by atoms with E-state index in [0.717, 1.165) is 29.8 Å². The monoisotopic (exact) mass is 493 g/mol. The lowest BCUT2D eigenvalue weighted by Gasteiger charge is -2.11. The number of alkyl halides is 3. The summed E-state index contributed by atoms with van der Waals surface area (Å²) in [5, 5.41) is 11.6. The molecule has 3 aromatic rings. The Kier molecular flexibility index (Phi) is 7.65. The molecule has 0 bridgehead atoms. The molecule has 3 rings (SSSR count). The molecule has 1 aromatic heterocycles. The number of hydrogen-bond acceptors (Lipinski definition) is 6. The first-order valence-corrected chi connectivity index (χ1v) is 10.6. The zero-order valence-electron chi connectivity index (χ0n) is 16.9. The lowest BCUT2D eigenvalue weighted by Crippen LogP contribution is -2.13. The number of anilines is 1. The van der Waals surface area contributed by atoms with Gasteiger partial charge in [0.2, 0.25) is 0 Å². The highest BCUT2D eigenvalue weighted by Gasteiger charge is 2.30. The van der Waals surface area contributed by atoms with Gasteiger partial charge in [-0.2, -0.15) is 38.4 Å². The van der Waals surface area contributed by atoms with Crippen LogP contribution in [0.15, 0.2) is 54.7 Å². The Morgan fingerprint density at radius 2 is 1.67 bits per heavy atom. The molecule has 0 atom stereocenters. The maximum absolute atomic E-state index is 12.7. The van der Waals surface area contributed by atoms with E-state index in [2.05, 4.69) is 40.5 Å². The molecule has 2 N–H and O–H groups in total. The number of rotatable bonds is 7. The van der Waals surface area contributed by atoms with Gasteiger partial charge in [-0.15, -0.1) is 0 Å². The number of hydrogen-bond donors (Lipinski definition) is 4. The summed E-state index contributed by atoms with van der Waals surface area (Å²) in [6.45, 7) is 0. The van der Waals surface area contributed by atoms with Gasteiger partial charge in [-0.05, 0) is 42.0 Å². The number of thiol groups is 2. The number of halogens is 3. The van der Waals surface area contributed by atoms with Crippen molar-refractivity contribution >= 4 is 42.8 Å². The number of carbonyl (C=O) groups is 2. The molecule has 6 nitrogen and oxygen atoms in total. The van der Waals surface area contributed by atoms with E-state index < -0.39 is 28.2 Å². The average molecular weight is 494 g/mol. The zero-order chi connectivity index (χ0) is 24.2. The van der Waals surface area contributed by atoms with Gasteiger partial charge in [0.05, 0.1) is 22.3 Å². The van der Waals surface area contributed by atoms with Crippen LogP contribution in [0.2, 0.25) is 0 Å². The highest BCUT2D eigenvalue weighted by atomic mass is 32.2. The molecule has 33 heavy (non-hydrogen) atoms. The second kappa shape index (κ2) is 10.3. The number of amides is 1. The first kappa shape index (κ1) is 24.6. The van der Waals surface area contributed by atoms with E-state index in [1.807, 2.05) is 0 Å². The second-order valence-corrected chi connectivity index (χ2v) is 8.48. The SMILES string of the molecule is O=C(O)Cc1cnc(Cc2ccc(NC(=O)c3ccc(C(F)(F)F)cc3)cc2)nc1C(S)S. The maximum Gasteiger partial charge on any atom is 0.416 e. The fourth-order valence-corrected chi connectivity index (χ4v) is 3.42. The minimum atomic E-state index is -4.47. The molecule has 0 fully saturated rings. The molecule has 11 heteroatoms. The van der Waals surface area contributed by atoms with Crippen molar-refractivity contribution in [1.82, 2.24) is 9.97 Å². The summed E-state index contributed by atoms with van der Waals surface area (Å²) in [4.78, 5) is 31.9. The van der Waals surface area contributed by atoms with E-state index in [9.17, 15) is 22.8 Å². The first-order valence-electron chi connectivity index (χ1n) is 9.53. The molecule has 1 amide bonds. The molecule has 172 valence electrons. The van der Waals surface area contributed by atoms with Crippen molar-refractivity contribution in [2.75, 3.05) is 5.32 Å². The van der Waals surface area contributed by atoms with Gasteiger partial charge in [-0.3, -0.25) is 9.59 Å². The Balaban J connectivity index is 1.67. The van der Waals surface area contributed by atoms with E-state index in [-0.39, 0.29) is 12.0 Å². The maximum atomic E-state index is 12.7. The Morgan fingerprint density at radius 1 is 1.03 bits per heavy atom. The van der Waals surface area contributed by atoms with Crippen molar-refractivity contribution in [3.63, 3.8) is 0 Å². The molecule has 0 radical (unpaired) electrons. The predicted octanol–water partition coefficient (Wildman–Crippen LogP) is 4.82. The molecule has 0 aliphatic carbocycles. The molecule has 0 saturated carbocycles. The minimum Gasteiger partial charge on any atom is -0.481 e. The number of nitrogens with zero attached hydrogens (tertiary/aromatic N) is 2. The third-order valence-corrected chi connectivity index (χ3v) is 5.07. The van der Waals surface area contributed by atoms with E-state index in [1.165, 1.54) is 6.20 Å². The Morgan fingerprint density at radius 3 is 2.21 bits per heavy atom. The Labute approximate surface area is 198 Å². The van der Waals surface area contributed by atoms with Crippen LogP contribution in [-0.2, 0) is 23.8 Å². The fourth-order valence-electron chi connectivity index (χ4n) is 2.97. The molecule has 0 aliphatic rings. The highest BCUT2D eigenvalue weighted by Crippen LogP contribution is 2.29. The van der Waals surface area contributed by atoms with Gasteiger partial charge in [0, 0.05) is 29.4 Å². The fraction of sp³-hybridized carbons (Fsp3) is 0.182. The smallest absolute Gasteiger partial charge is 0.416 e. The van der Waals surface area contributed by atoms with E-state index in [4.69, 9.17) is 5.11 Å². The Hall–Kier alpha value is -3.05. The van der Waals surface area contributed by atoms with Crippen molar-refractivity contribution in [2.45, 2.75) is 23.6 Å². The molecular weight excluding hydrogens is 475 g/mol. The van der Waals surface area contributed by atoms with Crippen molar-refractivity contribution in [3.05, 3.63) is 88.5 Å². The minimum absolute atomic E-state index is 0.0996.